The second-order valence-corrected chi connectivity index (χ2v) is 7.63. The summed E-state index contributed by atoms with van der Waals surface area (Å²) in [7, 11) is -2.35. The SMILES string of the molecule is COc1ccc(-c2ccno2)cc1S(=O)(=O)NCc1nc(C)cs1. The molecule has 0 unspecified atom stereocenters. The van der Waals surface area contributed by atoms with Gasteiger partial charge < -0.3 is 9.26 Å². The summed E-state index contributed by atoms with van der Waals surface area (Å²) in [5.74, 6) is 0.728. The maximum Gasteiger partial charge on any atom is 0.244 e. The zero-order valence-corrected chi connectivity index (χ0v) is 14.6. The van der Waals surface area contributed by atoms with Crippen molar-refractivity contribution in [2.24, 2.45) is 0 Å². The second kappa shape index (κ2) is 6.71. The van der Waals surface area contributed by atoms with Gasteiger partial charge in [-0.3, -0.25) is 0 Å². The molecule has 0 aliphatic carbocycles. The molecule has 0 aliphatic heterocycles. The molecule has 126 valence electrons. The number of hydrogen-bond donors (Lipinski definition) is 1. The Hall–Kier alpha value is -2.23. The van der Waals surface area contributed by atoms with Gasteiger partial charge in [0.05, 0.1) is 19.9 Å². The van der Waals surface area contributed by atoms with E-state index in [-0.39, 0.29) is 17.2 Å². The minimum atomic E-state index is -3.78. The van der Waals surface area contributed by atoms with Crippen molar-refractivity contribution in [2.75, 3.05) is 7.11 Å². The average molecular weight is 365 g/mol. The van der Waals surface area contributed by atoms with E-state index >= 15 is 0 Å². The first kappa shape index (κ1) is 16.6. The molecule has 2 heterocycles. The molecule has 0 saturated carbocycles. The van der Waals surface area contributed by atoms with Crippen molar-refractivity contribution in [2.45, 2.75) is 18.4 Å². The summed E-state index contributed by atoms with van der Waals surface area (Å²) in [6, 6.07) is 6.45. The van der Waals surface area contributed by atoms with Crippen molar-refractivity contribution < 1.29 is 17.7 Å². The van der Waals surface area contributed by atoms with E-state index in [1.807, 2.05) is 12.3 Å². The molecule has 1 aromatic carbocycles. The third kappa shape index (κ3) is 3.48. The zero-order valence-electron chi connectivity index (χ0n) is 13.0. The fourth-order valence-electron chi connectivity index (χ4n) is 2.12. The summed E-state index contributed by atoms with van der Waals surface area (Å²) in [4.78, 5) is 4.28. The molecule has 2 aromatic heterocycles. The molecule has 3 aromatic rings. The van der Waals surface area contributed by atoms with Crippen LogP contribution in [-0.4, -0.2) is 25.7 Å². The van der Waals surface area contributed by atoms with Crippen LogP contribution in [0.5, 0.6) is 5.75 Å². The Morgan fingerprint density at radius 3 is 2.79 bits per heavy atom. The lowest BCUT2D eigenvalue weighted by Gasteiger charge is -2.11. The fraction of sp³-hybridized carbons (Fsp3) is 0.200. The molecule has 0 amide bonds. The van der Waals surface area contributed by atoms with E-state index in [1.165, 1.54) is 30.7 Å². The van der Waals surface area contributed by atoms with Gasteiger partial charge in [-0.25, -0.2) is 18.1 Å². The van der Waals surface area contributed by atoms with Crippen molar-refractivity contribution in [3.63, 3.8) is 0 Å². The number of nitrogens with zero attached hydrogens (tertiary/aromatic N) is 2. The molecule has 0 saturated heterocycles. The molecule has 24 heavy (non-hydrogen) atoms. The molecule has 0 fully saturated rings. The number of ether oxygens (including phenoxy) is 1. The molecule has 9 heteroatoms. The number of methoxy groups -OCH3 is 1. The van der Waals surface area contributed by atoms with E-state index in [4.69, 9.17) is 9.26 Å². The smallest absolute Gasteiger partial charge is 0.244 e. The predicted molar refractivity (Wildman–Crippen MR) is 89.4 cm³/mol. The lowest BCUT2D eigenvalue weighted by molar-refractivity contribution is 0.402. The Balaban J connectivity index is 1.91. The first-order valence-corrected chi connectivity index (χ1v) is 9.35. The van der Waals surface area contributed by atoms with Gasteiger partial charge in [-0.05, 0) is 25.1 Å². The molecule has 0 aliphatic rings. The van der Waals surface area contributed by atoms with Crippen LogP contribution in [0, 0.1) is 6.92 Å². The molecule has 3 rings (SSSR count). The molecule has 0 bridgehead atoms. The number of aromatic nitrogens is 2. The van der Waals surface area contributed by atoms with Crippen molar-refractivity contribution >= 4 is 21.4 Å². The highest BCUT2D eigenvalue weighted by atomic mass is 32.2. The average Bonchev–Trinajstić information content (AvgIpc) is 3.24. The maximum absolute atomic E-state index is 12.7. The van der Waals surface area contributed by atoms with Gasteiger partial charge >= 0.3 is 0 Å². The number of aryl methyl sites for hydroxylation is 1. The number of thiazole rings is 1. The summed E-state index contributed by atoms with van der Waals surface area (Å²) in [6.07, 6.45) is 1.50. The van der Waals surface area contributed by atoms with Crippen LogP contribution in [0.25, 0.3) is 11.3 Å². The van der Waals surface area contributed by atoms with Crippen molar-refractivity contribution in [1.82, 2.24) is 14.9 Å². The highest BCUT2D eigenvalue weighted by Gasteiger charge is 2.21. The largest absolute Gasteiger partial charge is 0.495 e. The highest BCUT2D eigenvalue weighted by Crippen LogP contribution is 2.29. The van der Waals surface area contributed by atoms with Crippen LogP contribution >= 0.6 is 11.3 Å². The van der Waals surface area contributed by atoms with Crippen LogP contribution < -0.4 is 9.46 Å². The lowest BCUT2D eigenvalue weighted by atomic mass is 10.2. The number of rotatable bonds is 6. The maximum atomic E-state index is 12.7. The number of sulfonamides is 1. The van der Waals surface area contributed by atoms with E-state index < -0.39 is 10.0 Å². The fourth-order valence-corrected chi connectivity index (χ4v) is 4.11. The van der Waals surface area contributed by atoms with Crippen LogP contribution in [0.3, 0.4) is 0 Å². The van der Waals surface area contributed by atoms with Gasteiger partial charge in [0.1, 0.15) is 15.7 Å². The minimum absolute atomic E-state index is 0.0344. The normalized spacial score (nSPS) is 11.6. The molecular formula is C15H15N3O4S2. The topological polar surface area (TPSA) is 94.3 Å². The van der Waals surface area contributed by atoms with Crippen molar-refractivity contribution in [1.29, 1.82) is 0 Å². The van der Waals surface area contributed by atoms with Crippen LogP contribution in [0.2, 0.25) is 0 Å². The van der Waals surface area contributed by atoms with E-state index in [0.717, 1.165) is 5.69 Å². The predicted octanol–water partition coefficient (Wildman–Crippen LogP) is 2.59. The molecular weight excluding hydrogens is 350 g/mol. The first-order valence-electron chi connectivity index (χ1n) is 6.99. The third-order valence-electron chi connectivity index (χ3n) is 3.26. The molecule has 0 atom stereocenters. The summed E-state index contributed by atoms with van der Waals surface area (Å²) in [6.45, 7) is 1.98. The molecule has 1 N–H and O–H groups in total. The second-order valence-electron chi connectivity index (χ2n) is 4.95. The van der Waals surface area contributed by atoms with Gasteiger partial charge in [-0.1, -0.05) is 5.16 Å². The standard InChI is InChI=1S/C15H15N3O4S2/c1-10-9-23-15(18-10)8-17-24(19,20)14-7-11(3-4-13(14)21-2)12-5-6-16-22-12/h3-7,9,17H,8H2,1-2H3. The van der Waals surface area contributed by atoms with Crippen molar-refractivity contribution in [3.05, 3.63) is 46.5 Å². The van der Waals surface area contributed by atoms with Crippen molar-refractivity contribution in [3.8, 4) is 17.1 Å². The lowest BCUT2D eigenvalue weighted by Crippen LogP contribution is -2.23. The van der Waals surface area contributed by atoms with Gasteiger partial charge in [0, 0.05) is 22.7 Å². The van der Waals surface area contributed by atoms with Crippen LogP contribution in [0.15, 0.2) is 45.3 Å². The quantitative estimate of drug-likeness (QED) is 0.721. The zero-order chi connectivity index (χ0) is 17.2. The van der Waals surface area contributed by atoms with Gasteiger partial charge in [-0.2, -0.15) is 0 Å². The Labute approximate surface area is 143 Å². The Kier molecular flexibility index (Phi) is 4.65. The highest BCUT2D eigenvalue weighted by molar-refractivity contribution is 7.89. The minimum Gasteiger partial charge on any atom is -0.495 e. The Morgan fingerprint density at radius 1 is 1.33 bits per heavy atom. The van der Waals surface area contributed by atoms with Gasteiger partial charge in [-0.15, -0.1) is 11.3 Å². The summed E-state index contributed by atoms with van der Waals surface area (Å²) < 4.78 is 38.1. The van der Waals surface area contributed by atoms with Gasteiger partial charge in [0.2, 0.25) is 10.0 Å². The Morgan fingerprint density at radius 2 is 2.17 bits per heavy atom. The van der Waals surface area contributed by atoms with Gasteiger partial charge in [0.25, 0.3) is 0 Å². The number of hydrogen-bond acceptors (Lipinski definition) is 7. The molecule has 0 spiro atoms. The van der Waals surface area contributed by atoms with E-state index in [1.54, 1.807) is 18.2 Å². The summed E-state index contributed by atoms with van der Waals surface area (Å²) in [5, 5.41) is 6.20. The number of benzene rings is 1. The van der Waals surface area contributed by atoms with Crippen LogP contribution in [0.4, 0.5) is 0 Å². The molecule has 7 nitrogen and oxygen atoms in total. The van der Waals surface area contributed by atoms with Gasteiger partial charge in [0.15, 0.2) is 5.76 Å². The van der Waals surface area contributed by atoms with Crippen LogP contribution in [0.1, 0.15) is 10.7 Å². The summed E-state index contributed by atoms with van der Waals surface area (Å²) >= 11 is 1.40. The van der Waals surface area contributed by atoms with Crippen LogP contribution in [-0.2, 0) is 16.6 Å². The first-order chi connectivity index (χ1) is 11.5. The number of nitrogens with one attached hydrogen (secondary N) is 1. The monoisotopic (exact) mass is 365 g/mol. The molecule has 0 radical (unpaired) electrons. The summed E-state index contributed by atoms with van der Waals surface area (Å²) in [5.41, 5.74) is 1.46. The Bertz CT molecular complexity index is 934. The van der Waals surface area contributed by atoms with E-state index in [2.05, 4.69) is 14.9 Å². The van der Waals surface area contributed by atoms with E-state index in [0.29, 0.717) is 16.3 Å². The third-order valence-corrected chi connectivity index (χ3v) is 5.64. The van der Waals surface area contributed by atoms with E-state index in [9.17, 15) is 8.42 Å².